The number of halogens is 1. The Hall–Kier alpha value is -1.68. The predicted molar refractivity (Wildman–Crippen MR) is 79.2 cm³/mol. The van der Waals surface area contributed by atoms with Gasteiger partial charge in [0, 0.05) is 23.8 Å². The molecule has 1 amide bonds. The third-order valence-corrected chi connectivity index (χ3v) is 3.42. The highest BCUT2D eigenvalue weighted by Crippen LogP contribution is 2.09. The summed E-state index contributed by atoms with van der Waals surface area (Å²) in [7, 11) is 0. The second-order valence-corrected chi connectivity index (χ2v) is 4.89. The number of nitrogens with one attached hydrogen (secondary N) is 1. The van der Waals surface area contributed by atoms with Gasteiger partial charge in [-0.1, -0.05) is 40.2 Å². The summed E-state index contributed by atoms with van der Waals surface area (Å²) in [6, 6.07) is 11.7. The topological polar surface area (TPSA) is 42.0 Å². The van der Waals surface area contributed by atoms with Crippen LogP contribution < -0.4 is 5.32 Å². The summed E-state index contributed by atoms with van der Waals surface area (Å²) in [6.07, 6.45) is 1.60. The lowest BCUT2D eigenvalue weighted by molar-refractivity contribution is 0.0950. The second-order valence-electron chi connectivity index (χ2n) is 4.32. The van der Waals surface area contributed by atoms with Gasteiger partial charge in [-0.25, -0.2) is 0 Å². The number of nitrogens with zero attached hydrogens (tertiary/aromatic N) is 1. The molecule has 2 rings (SSSR count). The van der Waals surface area contributed by atoms with E-state index in [9.17, 15) is 4.79 Å². The highest BCUT2D eigenvalue weighted by Gasteiger charge is 2.05. The summed E-state index contributed by atoms with van der Waals surface area (Å²) in [5.41, 5.74) is 3.78. The van der Waals surface area contributed by atoms with Gasteiger partial charge >= 0.3 is 0 Å². The molecule has 0 aliphatic heterocycles. The van der Waals surface area contributed by atoms with E-state index in [-0.39, 0.29) is 5.91 Å². The average molecular weight is 319 g/mol. The number of carbonyl (C=O) groups is 1. The number of hydrogen-bond donors (Lipinski definition) is 1. The van der Waals surface area contributed by atoms with Crippen LogP contribution in [0.1, 0.15) is 27.2 Å². The average Bonchev–Trinajstić information content (AvgIpc) is 2.46. The van der Waals surface area contributed by atoms with Gasteiger partial charge in [-0.05, 0) is 30.2 Å². The quantitative estimate of drug-likeness (QED) is 0.879. The second kappa shape index (κ2) is 6.48. The number of rotatable bonds is 4. The van der Waals surface area contributed by atoms with E-state index in [1.807, 2.05) is 31.2 Å². The molecular formula is C15H15BrN2O. The fourth-order valence-electron chi connectivity index (χ4n) is 1.71. The van der Waals surface area contributed by atoms with E-state index in [1.54, 1.807) is 12.3 Å². The molecule has 0 unspecified atom stereocenters. The lowest BCUT2D eigenvalue weighted by Gasteiger charge is -2.06. The van der Waals surface area contributed by atoms with Crippen LogP contribution in [-0.4, -0.2) is 10.9 Å². The van der Waals surface area contributed by atoms with Gasteiger partial charge in [0.1, 0.15) is 0 Å². The van der Waals surface area contributed by atoms with Crippen LogP contribution in [-0.2, 0) is 11.9 Å². The molecule has 0 aliphatic rings. The lowest BCUT2D eigenvalue weighted by Crippen LogP contribution is -2.22. The molecule has 1 heterocycles. The number of hydrogen-bond acceptors (Lipinski definition) is 2. The maximum Gasteiger partial charge on any atom is 0.253 e. The van der Waals surface area contributed by atoms with E-state index in [0.717, 1.165) is 16.6 Å². The van der Waals surface area contributed by atoms with E-state index in [1.165, 1.54) is 5.56 Å². The van der Waals surface area contributed by atoms with E-state index < -0.39 is 0 Å². The van der Waals surface area contributed by atoms with Crippen molar-refractivity contribution in [3.8, 4) is 0 Å². The monoisotopic (exact) mass is 318 g/mol. The molecule has 19 heavy (non-hydrogen) atoms. The third-order valence-electron chi connectivity index (χ3n) is 2.77. The highest BCUT2D eigenvalue weighted by molar-refractivity contribution is 9.08. The minimum absolute atomic E-state index is 0.100. The van der Waals surface area contributed by atoms with E-state index in [2.05, 4.69) is 32.3 Å². The Morgan fingerprint density at radius 2 is 2.05 bits per heavy atom. The van der Waals surface area contributed by atoms with Crippen LogP contribution in [0.2, 0.25) is 0 Å². The van der Waals surface area contributed by atoms with Gasteiger partial charge in [0.05, 0.1) is 5.56 Å². The molecule has 1 aromatic carbocycles. The molecule has 0 bridgehead atoms. The Morgan fingerprint density at radius 3 is 2.74 bits per heavy atom. The Kier molecular flexibility index (Phi) is 4.68. The molecule has 0 atom stereocenters. The molecule has 1 N–H and O–H groups in total. The van der Waals surface area contributed by atoms with Gasteiger partial charge in [0.2, 0.25) is 0 Å². The zero-order valence-electron chi connectivity index (χ0n) is 10.7. The minimum atomic E-state index is -0.100. The molecule has 0 spiro atoms. The molecule has 0 radical (unpaired) electrons. The number of benzene rings is 1. The lowest BCUT2D eigenvalue weighted by atomic mass is 10.1. The zero-order valence-corrected chi connectivity index (χ0v) is 12.3. The largest absolute Gasteiger partial charge is 0.348 e. The predicted octanol–water partition coefficient (Wildman–Crippen LogP) is 3.21. The molecule has 4 heteroatoms. The van der Waals surface area contributed by atoms with Crippen LogP contribution in [0.3, 0.4) is 0 Å². The van der Waals surface area contributed by atoms with Crippen molar-refractivity contribution in [2.75, 3.05) is 0 Å². The smallest absolute Gasteiger partial charge is 0.253 e. The Bertz CT molecular complexity index is 567. The zero-order chi connectivity index (χ0) is 13.7. The van der Waals surface area contributed by atoms with Crippen molar-refractivity contribution in [2.45, 2.75) is 18.8 Å². The van der Waals surface area contributed by atoms with Crippen molar-refractivity contribution in [3.05, 3.63) is 65.0 Å². The van der Waals surface area contributed by atoms with Crippen molar-refractivity contribution in [1.29, 1.82) is 0 Å². The normalized spacial score (nSPS) is 10.2. The van der Waals surface area contributed by atoms with Crippen molar-refractivity contribution in [3.63, 3.8) is 0 Å². The van der Waals surface area contributed by atoms with Gasteiger partial charge < -0.3 is 5.32 Å². The Balaban J connectivity index is 1.98. The maximum absolute atomic E-state index is 11.9. The van der Waals surface area contributed by atoms with Crippen molar-refractivity contribution in [2.24, 2.45) is 0 Å². The number of pyridine rings is 1. The SMILES string of the molecule is Cc1ccc(C(=O)NCc2cccc(CBr)c2)cn1. The number of alkyl halides is 1. The van der Waals surface area contributed by atoms with Crippen LogP contribution in [0.5, 0.6) is 0 Å². The molecule has 1 aromatic heterocycles. The van der Waals surface area contributed by atoms with E-state index in [4.69, 9.17) is 0 Å². The standard InChI is InChI=1S/C15H15BrN2O/c1-11-5-6-14(10-17-11)15(19)18-9-13-4-2-3-12(7-13)8-16/h2-7,10H,8-9H2,1H3,(H,18,19). The summed E-state index contributed by atoms with van der Waals surface area (Å²) >= 11 is 3.42. The maximum atomic E-state index is 11.9. The Morgan fingerprint density at radius 1 is 1.26 bits per heavy atom. The summed E-state index contributed by atoms with van der Waals surface area (Å²) in [5, 5.41) is 3.71. The molecule has 2 aromatic rings. The summed E-state index contributed by atoms with van der Waals surface area (Å²) in [6.45, 7) is 2.42. The molecule has 0 fully saturated rings. The molecular weight excluding hydrogens is 304 g/mol. The summed E-state index contributed by atoms with van der Waals surface area (Å²) < 4.78 is 0. The van der Waals surface area contributed by atoms with E-state index >= 15 is 0 Å². The number of aryl methyl sites for hydroxylation is 1. The first kappa shape index (κ1) is 13.7. The number of aromatic nitrogens is 1. The van der Waals surface area contributed by atoms with Crippen LogP contribution in [0, 0.1) is 6.92 Å². The van der Waals surface area contributed by atoms with Crippen LogP contribution in [0.15, 0.2) is 42.6 Å². The fraction of sp³-hybridized carbons (Fsp3) is 0.200. The number of carbonyl (C=O) groups excluding carboxylic acids is 1. The molecule has 0 aliphatic carbocycles. The first-order valence-electron chi connectivity index (χ1n) is 6.03. The van der Waals surface area contributed by atoms with Crippen LogP contribution in [0.25, 0.3) is 0 Å². The number of amides is 1. The molecule has 0 saturated carbocycles. The van der Waals surface area contributed by atoms with Gasteiger partial charge in [0.25, 0.3) is 5.91 Å². The highest BCUT2D eigenvalue weighted by atomic mass is 79.9. The first-order valence-corrected chi connectivity index (χ1v) is 7.16. The van der Waals surface area contributed by atoms with Crippen molar-refractivity contribution in [1.82, 2.24) is 10.3 Å². The first-order chi connectivity index (χ1) is 9.19. The van der Waals surface area contributed by atoms with E-state index in [0.29, 0.717) is 12.1 Å². The summed E-state index contributed by atoms with van der Waals surface area (Å²) in [4.78, 5) is 16.0. The van der Waals surface area contributed by atoms with Crippen molar-refractivity contribution < 1.29 is 4.79 Å². The molecule has 98 valence electrons. The van der Waals surface area contributed by atoms with Gasteiger partial charge in [-0.15, -0.1) is 0 Å². The summed E-state index contributed by atoms with van der Waals surface area (Å²) in [5.74, 6) is -0.100. The fourth-order valence-corrected chi connectivity index (χ4v) is 2.06. The molecule has 0 saturated heterocycles. The minimum Gasteiger partial charge on any atom is -0.348 e. The van der Waals surface area contributed by atoms with Crippen LogP contribution >= 0.6 is 15.9 Å². The third kappa shape index (κ3) is 3.89. The van der Waals surface area contributed by atoms with Gasteiger partial charge in [0.15, 0.2) is 0 Å². The van der Waals surface area contributed by atoms with Gasteiger partial charge in [-0.2, -0.15) is 0 Å². The van der Waals surface area contributed by atoms with Gasteiger partial charge in [-0.3, -0.25) is 9.78 Å². The van der Waals surface area contributed by atoms with Crippen molar-refractivity contribution >= 4 is 21.8 Å². The molecule has 3 nitrogen and oxygen atoms in total. The Labute approximate surface area is 121 Å². The van der Waals surface area contributed by atoms with Crippen LogP contribution in [0.4, 0.5) is 0 Å².